The minimum absolute atomic E-state index is 0.808. The standard InChI is InChI=1S/C8H6N4/c1-2-5-4-9-11-8-7(5)6(3-1)10-12-8/h1-4H,(H2,10,11,12). The molecule has 1 aliphatic heterocycles. The summed E-state index contributed by atoms with van der Waals surface area (Å²) in [4.78, 5) is 0. The van der Waals surface area contributed by atoms with Crippen LogP contribution < -0.4 is 10.9 Å². The zero-order valence-electron chi connectivity index (χ0n) is 6.20. The lowest BCUT2D eigenvalue weighted by Gasteiger charge is -1.94. The lowest BCUT2D eigenvalue weighted by Crippen LogP contribution is -2.02. The first-order chi connectivity index (χ1) is 5.95. The third-order valence-corrected chi connectivity index (χ3v) is 2.00. The SMILES string of the molecule is c1cc2c3c(nncc3c1)NN2. The highest BCUT2D eigenvalue weighted by atomic mass is 15.4. The second-order valence-corrected chi connectivity index (χ2v) is 2.71. The van der Waals surface area contributed by atoms with Gasteiger partial charge in [-0.15, -0.1) is 5.10 Å². The molecule has 2 aromatic rings. The smallest absolute Gasteiger partial charge is 0.177 e. The van der Waals surface area contributed by atoms with Crippen molar-refractivity contribution >= 4 is 22.3 Å². The highest BCUT2D eigenvalue weighted by molar-refractivity contribution is 6.04. The van der Waals surface area contributed by atoms with E-state index in [9.17, 15) is 0 Å². The Morgan fingerprint density at radius 1 is 1.17 bits per heavy atom. The summed E-state index contributed by atoms with van der Waals surface area (Å²) < 4.78 is 0. The molecule has 4 heteroatoms. The van der Waals surface area contributed by atoms with Crippen LogP contribution in [0, 0.1) is 0 Å². The summed E-state index contributed by atoms with van der Waals surface area (Å²) >= 11 is 0. The second kappa shape index (κ2) is 1.85. The Balaban J connectivity index is 2.58. The molecule has 0 spiro atoms. The highest BCUT2D eigenvalue weighted by Gasteiger charge is 2.13. The summed E-state index contributed by atoms with van der Waals surface area (Å²) in [5, 5.41) is 10.0. The van der Waals surface area contributed by atoms with Gasteiger partial charge in [0.15, 0.2) is 5.82 Å². The van der Waals surface area contributed by atoms with E-state index >= 15 is 0 Å². The molecule has 1 aromatic carbocycles. The van der Waals surface area contributed by atoms with E-state index in [0.29, 0.717) is 0 Å². The van der Waals surface area contributed by atoms with Crippen molar-refractivity contribution in [3.05, 3.63) is 24.4 Å². The van der Waals surface area contributed by atoms with Gasteiger partial charge >= 0.3 is 0 Å². The van der Waals surface area contributed by atoms with E-state index in [4.69, 9.17) is 0 Å². The van der Waals surface area contributed by atoms with Crippen molar-refractivity contribution < 1.29 is 0 Å². The molecule has 58 valence electrons. The van der Waals surface area contributed by atoms with E-state index in [1.54, 1.807) is 6.20 Å². The van der Waals surface area contributed by atoms with Gasteiger partial charge in [0.25, 0.3) is 0 Å². The zero-order chi connectivity index (χ0) is 7.97. The van der Waals surface area contributed by atoms with Crippen LogP contribution in [0.1, 0.15) is 0 Å². The third kappa shape index (κ3) is 0.567. The lowest BCUT2D eigenvalue weighted by atomic mass is 10.2. The van der Waals surface area contributed by atoms with Gasteiger partial charge in [-0.1, -0.05) is 12.1 Å². The number of nitrogens with zero attached hydrogens (tertiary/aromatic N) is 2. The maximum Gasteiger partial charge on any atom is 0.177 e. The van der Waals surface area contributed by atoms with Gasteiger partial charge in [-0.2, -0.15) is 5.10 Å². The van der Waals surface area contributed by atoms with Crippen LogP contribution in [0.25, 0.3) is 10.8 Å². The summed E-state index contributed by atoms with van der Waals surface area (Å²) in [7, 11) is 0. The van der Waals surface area contributed by atoms with Crippen LogP contribution in [0.4, 0.5) is 11.5 Å². The molecular formula is C8H6N4. The van der Waals surface area contributed by atoms with Crippen LogP contribution in [0.3, 0.4) is 0 Å². The molecule has 1 aliphatic rings. The molecule has 0 saturated heterocycles. The average Bonchev–Trinajstić information content (AvgIpc) is 2.52. The van der Waals surface area contributed by atoms with E-state index in [1.807, 2.05) is 18.2 Å². The highest BCUT2D eigenvalue weighted by Crippen LogP contribution is 2.31. The molecule has 0 saturated carbocycles. The van der Waals surface area contributed by atoms with Gasteiger partial charge < -0.3 is 0 Å². The Hall–Kier alpha value is -1.84. The van der Waals surface area contributed by atoms with Gasteiger partial charge in [0.05, 0.1) is 17.3 Å². The molecule has 1 aromatic heterocycles. The molecule has 12 heavy (non-hydrogen) atoms. The van der Waals surface area contributed by atoms with Crippen LogP contribution in [-0.2, 0) is 0 Å². The number of nitrogens with one attached hydrogen (secondary N) is 2. The van der Waals surface area contributed by atoms with E-state index in [2.05, 4.69) is 21.0 Å². The fourth-order valence-corrected chi connectivity index (χ4v) is 1.46. The van der Waals surface area contributed by atoms with Gasteiger partial charge in [0.1, 0.15) is 0 Å². The second-order valence-electron chi connectivity index (χ2n) is 2.71. The summed E-state index contributed by atoms with van der Waals surface area (Å²) in [5.74, 6) is 0.808. The number of benzene rings is 1. The number of hydrogen-bond donors (Lipinski definition) is 2. The Bertz CT molecular complexity index is 413. The first-order valence-corrected chi connectivity index (χ1v) is 3.71. The Morgan fingerprint density at radius 2 is 2.17 bits per heavy atom. The number of hydrazine groups is 1. The summed E-state index contributed by atoms with van der Waals surface area (Å²) in [6.45, 7) is 0. The van der Waals surface area contributed by atoms with Gasteiger partial charge in [-0.05, 0) is 6.07 Å². The van der Waals surface area contributed by atoms with Crippen LogP contribution in [-0.4, -0.2) is 10.2 Å². The maximum absolute atomic E-state index is 3.95. The van der Waals surface area contributed by atoms with Crippen molar-refractivity contribution in [3.8, 4) is 0 Å². The molecule has 0 radical (unpaired) electrons. The summed E-state index contributed by atoms with van der Waals surface area (Å²) in [6, 6.07) is 6.02. The summed E-state index contributed by atoms with van der Waals surface area (Å²) in [6.07, 6.45) is 1.76. The topological polar surface area (TPSA) is 49.8 Å². The monoisotopic (exact) mass is 158 g/mol. The van der Waals surface area contributed by atoms with E-state index in [0.717, 1.165) is 22.3 Å². The van der Waals surface area contributed by atoms with Crippen LogP contribution in [0.15, 0.2) is 24.4 Å². The molecule has 2 heterocycles. The lowest BCUT2D eigenvalue weighted by molar-refractivity contribution is 1.06. The first kappa shape index (κ1) is 5.77. The molecular weight excluding hydrogens is 152 g/mol. The van der Waals surface area contributed by atoms with Gasteiger partial charge in [-0.3, -0.25) is 10.9 Å². The van der Waals surface area contributed by atoms with Gasteiger partial charge in [-0.25, -0.2) is 0 Å². The first-order valence-electron chi connectivity index (χ1n) is 3.71. The van der Waals surface area contributed by atoms with E-state index in [-0.39, 0.29) is 0 Å². The number of hydrogen-bond acceptors (Lipinski definition) is 4. The molecule has 0 amide bonds. The van der Waals surface area contributed by atoms with E-state index < -0.39 is 0 Å². The average molecular weight is 158 g/mol. The molecule has 0 atom stereocenters. The predicted molar refractivity (Wildman–Crippen MR) is 46.8 cm³/mol. The molecule has 0 unspecified atom stereocenters. The van der Waals surface area contributed by atoms with Crippen LogP contribution >= 0.6 is 0 Å². The zero-order valence-corrected chi connectivity index (χ0v) is 6.20. The minimum atomic E-state index is 0.808. The Morgan fingerprint density at radius 3 is 3.17 bits per heavy atom. The normalized spacial score (nSPS) is 12.7. The van der Waals surface area contributed by atoms with Gasteiger partial charge in [0.2, 0.25) is 0 Å². The number of rotatable bonds is 0. The van der Waals surface area contributed by atoms with Crippen molar-refractivity contribution in [2.45, 2.75) is 0 Å². The predicted octanol–water partition coefficient (Wildman–Crippen LogP) is 1.38. The Labute approximate surface area is 68.6 Å². The third-order valence-electron chi connectivity index (χ3n) is 2.00. The molecule has 0 aliphatic carbocycles. The number of aromatic nitrogens is 2. The fraction of sp³-hybridized carbons (Fsp3) is 0. The van der Waals surface area contributed by atoms with Crippen LogP contribution in [0.2, 0.25) is 0 Å². The van der Waals surface area contributed by atoms with E-state index in [1.165, 1.54) is 0 Å². The van der Waals surface area contributed by atoms with Crippen molar-refractivity contribution in [2.75, 3.05) is 10.9 Å². The summed E-state index contributed by atoms with van der Waals surface area (Å²) in [5.41, 5.74) is 7.04. The molecule has 0 bridgehead atoms. The fourth-order valence-electron chi connectivity index (χ4n) is 1.46. The molecule has 3 rings (SSSR count). The van der Waals surface area contributed by atoms with Crippen molar-refractivity contribution in [3.63, 3.8) is 0 Å². The van der Waals surface area contributed by atoms with Crippen molar-refractivity contribution in [2.24, 2.45) is 0 Å². The van der Waals surface area contributed by atoms with Crippen LogP contribution in [0.5, 0.6) is 0 Å². The van der Waals surface area contributed by atoms with Gasteiger partial charge in [0, 0.05) is 5.39 Å². The molecule has 4 nitrogen and oxygen atoms in total. The molecule has 0 fully saturated rings. The number of anilines is 2. The van der Waals surface area contributed by atoms with Crippen molar-refractivity contribution in [1.29, 1.82) is 0 Å². The largest absolute Gasteiger partial charge is 0.299 e. The quantitative estimate of drug-likeness (QED) is 0.608. The Kier molecular flexibility index (Phi) is 0.889. The maximum atomic E-state index is 3.95. The molecule has 2 N–H and O–H groups in total. The minimum Gasteiger partial charge on any atom is -0.299 e. The van der Waals surface area contributed by atoms with Crippen molar-refractivity contribution in [1.82, 2.24) is 10.2 Å².